The summed E-state index contributed by atoms with van der Waals surface area (Å²) in [5, 5.41) is 11.7. The maximum absolute atomic E-state index is 12.2. The molecule has 0 saturated carbocycles. The van der Waals surface area contributed by atoms with Crippen LogP contribution in [0.1, 0.15) is 6.92 Å². The number of nitrogens with zero attached hydrogens (tertiary/aromatic N) is 3. The number of hydrogen-bond acceptors (Lipinski definition) is 8. The normalized spacial score (nSPS) is 10.9. The molecule has 2 heterocycles. The summed E-state index contributed by atoms with van der Waals surface area (Å²) < 4.78 is 12.0. The smallest absolute Gasteiger partial charge is 0.277 e. The maximum atomic E-state index is 12.2. The molecule has 0 aliphatic heterocycles. The summed E-state index contributed by atoms with van der Waals surface area (Å²) in [7, 11) is 0. The van der Waals surface area contributed by atoms with Crippen molar-refractivity contribution in [1.82, 2.24) is 15.2 Å². The summed E-state index contributed by atoms with van der Waals surface area (Å²) in [4.78, 5) is 16.7. The number of rotatable bonds is 7. The molecular weight excluding hydrogens is 396 g/mol. The van der Waals surface area contributed by atoms with E-state index in [4.69, 9.17) is 9.15 Å². The number of thiazole rings is 1. The molecule has 4 rings (SSSR count). The molecule has 0 unspecified atom stereocenters. The van der Waals surface area contributed by atoms with Crippen molar-refractivity contribution in [2.45, 2.75) is 12.1 Å². The molecule has 0 spiro atoms. The van der Waals surface area contributed by atoms with E-state index in [0.717, 1.165) is 21.5 Å². The number of nitrogens with one attached hydrogen (secondary N) is 1. The summed E-state index contributed by atoms with van der Waals surface area (Å²) in [6.07, 6.45) is 0. The van der Waals surface area contributed by atoms with Gasteiger partial charge in [0.25, 0.3) is 5.22 Å². The standard InChI is InChI=1S/C19H16N4O3S2/c1-2-25-13-8-9-14-15(10-13)28-18(20-14)21-16(24)11-27-19-23-22-17(26-19)12-6-4-3-5-7-12/h3-10H,2,11H2,1H3,(H,20,21,24). The lowest BCUT2D eigenvalue weighted by Crippen LogP contribution is -2.13. The van der Waals surface area contributed by atoms with Gasteiger partial charge in [-0.2, -0.15) is 0 Å². The van der Waals surface area contributed by atoms with Gasteiger partial charge in [-0.05, 0) is 37.3 Å². The Morgan fingerprint density at radius 3 is 2.89 bits per heavy atom. The Morgan fingerprint density at radius 2 is 2.07 bits per heavy atom. The van der Waals surface area contributed by atoms with Gasteiger partial charge in [-0.15, -0.1) is 10.2 Å². The molecule has 142 valence electrons. The molecule has 9 heteroatoms. The predicted molar refractivity (Wildman–Crippen MR) is 110 cm³/mol. The Morgan fingerprint density at radius 1 is 1.21 bits per heavy atom. The van der Waals surface area contributed by atoms with Crippen molar-refractivity contribution >= 4 is 44.4 Å². The van der Waals surface area contributed by atoms with Crippen molar-refractivity contribution in [2.24, 2.45) is 0 Å². The van der Waals surface area contributed by atoms with Crippen LogP contribution in [0.2, 0.25) is 0 Å². The van der Waals surface area contributed by atoms with Crippen molar-refractivity contribution in [3.63, 3.8) is 0 Å². The number of amides is 1. The van der Waals surface area contributed by atoms with Gasteiger partial charge in [0.1, 0.15) is 5.75 Å². The number of anilines is 1. The van der Waals surface area contributed by atoms with E-state index in [1.165, 1.54) is 23.1 Å². The third kappa shape index (κ3) is 4.32. The van der Waals surface area contributed by atoms with Gasteiger partial charge in [0.05, 0.1) is 22.6 Å². The van der Waals surface area contributed by atoms with Gasteiger partial charge >= 0.3 is 0 Å². The minimum Gasteiger partial charge on any atom is -0.494 e. The van der Waals surface area contributed by atoms with Gasteiger partial charge in [-0.1, -0.05) is 41.3 Å². The highest BCUT2D eigenvalue weighted by molar-refractivity contribution is 7.99. The first-order chi connectivity index (χ1) is 13.7. The number of fused-ring (bicyclic) bond motifs is 1. The fraction of sp³-hybridized carbons (Fsp3) is 0.158. The molecule has 0 atom stereocenters. The minimum absolute atomic E-state index is 0.149. The van der Waals surface area contributed by atoms with Crippen LogP contribution in [0.4, 0.5) is 5.13 Å². The number of hydrogen-bond donors (Lipinski definition) is 1. The molecular formula is C19H16N4O3S2. The molecule has 0 saturated heterocycles. The van der Waals surface area contributed by atoms with E-state index in [1.54, 1.807) is 0 Å². The van der Waals surface area contributed by atoms with Crippen LogP contribution in [-0.2, 0) is 4.79 Å². The van der Waals surface area contributed by atoms with E-state index in [-0.39, 0.29) is 11.7 Å². The number of aromatic nitrogens is 3. The van der Waals surface area contributed by atoms with Crippen LogP contribution in [0, 0.1) is 0 Å². The van der Waals surface area contributed by atoms with Crippen molar-refractivity contribution in [3.05, 3.63) is 48.5 Å². The van der Waals surface area contributed by atoms with Crippen LogP contribution in [0.25, 0.3) is 21.7 Å². The molecule has 1 N–H and O–H groups in total. The number of carbonyl (C=O) groups excluding carboxylic acids is 1. The number of carbonyl (C=O) groups is 1. The topological polar surface area (TPSA) is 90.1 Å². The number of benzene rings is 2. The fourth-order valence-corrected chi connectivity index (χ4v) is 3.94. The Labute approximate surface area is 169 Å². The molecule has 0 aliphatic carbocycles. The summed E-state index contributed by atoms with van der Waals surface area (Å²) >= 11 is 2.59. The lowest BCUT2D eigenvalue weighted by atomic mass is 10.2. The molecule has 0 bridgehead atoms. The van der Waals surface area contributed by atoms with Gasteiger partial charge in [-0.3, -0.25) is 4.79 Å². The maximum Gasteiger partial charge on any atom is 0.277 e. The van der Waals surface area contributed by atoms with Crippen molar-refractivity contribution in [1.29, 1.82) is 0 Å². The van der Waals surface area contributed by atoms with Crippen LogP contribution < -0.4 is 10.1 Å². The van der Waals surface area contributed by atoms with Gasteiger partial charge in [0, 0.05) is 5.56 Å². The zero-order valence-electron chi connectivity index (χ0n) is 14.9. The van der Waals surface area contributed by atoms with Crippen LogP contribution in [0.15, 0.2) is 58.2 Å². The Kier molecular flexibility index (Phi) is 5.54. The van der Waals surface area contributed by atoms with Gasteiger partial charge in [0.15, 0.2) is 5.13 Å². The average Bonchev–Trinajstić information content (AvgIpc) is 3.33. The van der Waals surface area contributed by atoms with E-state index in [9.17, 15) is 4.79 Å². The molecule has 0 radical (unpaired) electrons. The molecule has 2 aromatic heterocycles. The molecule has 0 fully saturated rings. The van der Waals surface area contributed by atoms with Crippen LogP contribution in [0.3, 0.4) is 0 Å². The highest BCUT2D eigenvalue weighted by Crippen LogP contribution is 2.29. The largest absolute Gasteiger partial charge is 0.494 e. The van der Waals surface area contributed by atoms with E-state index < -0.39 is 0 Å². The molecule has 2 aromatic carbocycles. The molecule has 28 heavy (non-hydrogen) atoms. The highest BCUT2D eigenvalue weighted by atomic mass is 32.2. The lowest BCUT2D eigenvalue weighted by Gasteiger charge is -2.00. The molecule has 7 nitrogen and oxygen atoms in total. The van der Waals surface area contributed by atoms with Crippen LogP contribution in [-0.4, -0.2) is 33.4 Å². The predicted octanol–water partition coefficient (Wildman–Crippen LogP) is 4.48. The molecule has 0 aliphatic rings. The summed E-state index contributed by atoms with van der Waals surface area (Å²) in [6, 6.07) is 15.2. The van der Waals surface area contributed by atoms with Crippen LogP contribution >= 0.6 is 23.1 Å². The van der Waals surface area contributed by atoms with Crippen molar-refractivity contribution in [2.75, 3.05) is 17.7 Å². The monoisotopic (exact) mass is 412 g/mol. The first kappa shape index (κ1) is 18.5. The van der Waals surface area contributed by atoms with Gasteiger partial charge < -0.3 is 14.5 Å². The van der Waals surface area contributed by atoms with Gasteiger partial charge in [-0.25, -0.2) is 4.98 Å². The Hall–Kier alpha value is -2.91. The first-order valence-electron chi connectivity index (χ1n) is 8.56. The third-order valence-electron chi connectivity index (χ3n) is 3.67. The second-order valence-electron chi connectivity index (χ2n) is 5.66. The van der Waals surface area contributed by atoms with E-state index >= 15 is 0 Å². The van der Waals surface area contributed by atoms with Crippen molar-refractivity contribution in [3.8, 4) is 17.2 Å². The third-order valence-corrected chi connectivity index (χ3v) is 5.42. The highest BCUT2D eigenvalue weighted by Gasteiger charge is 2.13. The van der Waals surface area contributed by atoms with E-state index in [0.29, 0.717) is 22.9 Å². The number of thioether (sulfide) groups is 1. The zero-order chi connectivity index (χ0) is 19.3. The average molecular weight is 412 g/mol. The second kappa shape index (κ2) is 8.41. The van der Waals surface area contributed by atoms with E-state index in [1.807, 2.05) is 55.5 Å². The minimum atomic E-state index is -0.187. The van der Waals surface area contributed by atoms with Crippen molar-refractivity contribution < 1.29 is 13.9 Å². The second-order valence-corrected chi connectivity index (χ2v) is 7.61. The summed E-state index contributed by atoms with van der Waals surface area (Å²) in [5.74, 6) is 1.18. The Balaban J connectivity index is 1.36. The lowest BCUT2D eigenvalue weighted by molar-refractivity contribution is -0.113. The molecule has 4 aromatic rings. The quantitative estimate of drug-likeness (QED) is 0.448. The SMILES string of the molecule is CCOc1ccc2nc(NC(=O)CSc3nnc(-c4ccccc4)o3)sc2c1. The van der Waals surface area contributed by atoms with E-state index in [2.05, 4.69) is 20.5 Å². The Bertz CT molecular complexity index is 1090. The fourth-order valence-electron chi connectivity index (χ4n) is 2.46. The zero-order valence-corrected chi connectivity index (χ0v) is 16.5. The summed E-state index contributed by atoms with van der Waals surface area (Å²) in [5.41, 5.74) is 1.66. The van der Waals surface area contributed by atoms with Crippen LogP contribution in [0.5, 0.6) is 5.75 Å². The van der Waals surface area contributed by atoms with Gasteiger partial charge in [0.2, 0.25) is 11.8 Å². The summed E-state index contributed by atoms with van der Waals surface area (Å²) in [6.45, 7) is 2.54. The number of ether oxygens (including phenoxy) is 1. The first-order valence-corrected chi connectivity index (χ1v) is 10.4. The molecule has 1 amide bonds.